The molecule has 112 valence electrons. The summed E-state index contributed by atoms with van der Waals surface area (Å²) in [6.45, 7) is 6.47. The first kappa shape index (κ1) is 15.4. The van der Waals surface area contributed by atoms with Gasteiger partial charge in [-0.3, -0.25) is 10.1 Å². The van der Waals surface area contributed by atoms with E-state index in [9.17, 15) is 9.18 Å². The molecule has 0 atom stereocenters. The van der Waals surface area contributed by atoms with E-state index in [1.165, 1.54) is 23.5 Å². The monoisotopic (exact) mass is 307 g/mol. The van der Waals surface area contributed by atoms with Crippen molar-refractivity contribution in [2.24, 2.45) is 0 Å². The second kappa shape index (κ2) is 6.67. The van der Waals surface area contributed by atoms with E-state index in [0.29, 0.717) is 17.6 Å². The maximum atomic E-state index is 13.8. The molecule has 0 spiro atoms. The van der Waals surface area contributed by atoms with Crippen molar-refractivity contribution >= 4 is 28.1 Å². The van der Waals surface area contributed by atoms with E-state index in [2.05, 4.69) is 15.6 Å². The van der Waals surface area contributed by atoms with Crippen LogP contribution in [0.4, 0.5) is 15.2 Å². The average Bonchev–Trinajstić information content (AvgIpc) is 2.90. The molecule has 4 nitrogen and oxygen atoms in total. The van der Waals surface area contributed by atoms with Crippen LogP contribution >= 0.6 is 11.3 Å². The van der Waals surface area contributed by atoms with E-state index >= 15 is 0 Å². The summed E-state index contributed by atoms with van der Waals surface area (Å²) in [5.74, 6) is -0.500. The molecule has 1 amide bonds. The summed E-state index contributed by atoms with van der Waals surface area (Å²) < 4.78 is 13.8. The smallest absolute Gasteiger partial charge is 0.259 e. The largest absolute Gasteiger partial charge is 0.382 e. The molecule has 2 aromatic rings. The number of rotatable bonds is 5. The van der Waals surface area contributed by atoms with Crippen LogP contribution in [0.3, 0.4) is 0 Å². The Labute approximate surface area is 127 Å². The van der Waals surface area contributed by atoms with Crippen LogP contribution in [0.5, 0.6) is 0 Å². The van der Waals surface area contributed by atoms with Gasteiger partial charge in [-0.1, -0.05) is 19.9 Å². The third kappa shape index (κ3) is 3.58. The van der Waals surface area contributed by atoms with Gasteiger partial charge in [-0.25, -0.2) is 9.37 Å². The molecular weight excluding hydrogens is 289 g/mol. The fraction of sp³-hybridized carbons (Fsp3) is 0.333. The van der Waals surface area contributed by atoms with Gasteiger partial charge < -0.3 is 5.32 Å². The van der Waals surface area contributed by atoms with Crippen molar-refractivity contribution in [1.29, 1.82) is 0 Å². The van der Waals surface area contributed by atoms with Crippen LogP contribution in [0.2, 0.25) is 0 Å². The maximum Gasteiger partial charge on any atom is 0.259 e. The van der Waals surface area contributed by atoms with Gasteiger partial charge in [0.05, 0.1) is 16.9 Å². The number of para-hydroxylation sites is 1. The zero-order valence-corrected chi connectivity index (χ0v) is 13.1. The molecule has 1 heterocycles. The number of hydrogen-bond donors (Lipinski definition) is 2. The van der Waals surface area contributed by atoms with Crippen molar-refractivity contribution < 1.29 is 9.18 Å². The second-order valence-electron chi connectivity index (χ2n) is 4.88. The molecule has 0 bridgehead atoms. The van der Waals surface area contributed by atoms with Crippen molar-refractivity contribution in [1.82, 2.24) is 4.98 Å². The number of halogens is 1. The Bertz CT molecular complexity index is 640. The molecule has 1 aromatic heterocycles. The SMILES string of the molecule is CCNc1c(F)cccc1C(=O)Nc1nc(C(C)C)cs1. The summed E-state index contributed by atoms with van der Waals surface area (Å²) >= 11 is 1.37. The highest BCUT2D eigenvalue weighted by atomic mass is 32.1. The zero-order valence-electron chi connectivity index (χ0n) is 12.2. The molecule has 0 aliphatic carbocycles. The summed E-state index contributed by atoms with van der Waals surface area (Å²) in [5, 5.41) is 8.04. The summed E-state index contributed by atoms with van der Waals surface area (Å²) in [7, 11) is 0. The number of amides is 1. The number of anilines is 2. The van der Waals surface area contributed by atoms with Gasteiger partial charge in [0.25, 0.3) is 5.91 Å². The summed E-state index contributed by atoms with van der Waals surface area (Å²) in [5.41, 5.74) is 1.43. The van der Waals surface area contributed by atoms with Gasteiger partial charge >= 0.3 is 0 Å². The summed E-state index contributed by atoms with van der Waals surface area (Å²) in [6.07, 6.45) is 0. The molecule has 0 fully saturated rings. The van der Waals surface area contributed by atoms with Crippen LogP contribution in [-0.4, -0.2) is 17.4 Å². The Kier molecular flexibility index (Phi) is 4.90. The Hall–Kier alpha value is -1.95. The lowest BCUT2D eigenvalue weighted by atomic mass is 10.1. The van der Waals surface area contributed by atoms with Crippen molar-refractivity contribution in [2.45, 2.75) is 26.7 Å². The molecular formula is C15H18FN3OS. The number of aromatic nitrogens is 1. The van der Waals surface area contributed by atoms with Crippen molar-refractivity contribution in [3.63, 3.8) is 0 Å². The maximum absolute atomic E-state index is 13.8. The molecule has 2 rings (SSSR count). The van der Waals surface area contributed by atoms with Crippen molar-refractivity contribution in [3.8, 4) is 0 Å². The van der Waals surface area contributed by atoms with Crippen LogP contribution in [-0.2, 0) is 0 Å². The van der Waals surface area contributed by atoms with Gasteiger partial charge in [-0.2, -0.15) is 0 Å². The van der Waals surface area contributed by atoms with Gasteiger partial charge in [0.2, 0.25) is 0 Å². The number of carbonyl (C=O) groups excluding carboxylic acids is 1. The standard InChI is InChI=1S/C15H18FN3OS/c1-4-17-13-10(6-5-7-11(13)16)14(20)19-15-18-12(8-21-15)9(2)3/h5-9,17H,4H2,1-3H3,(H,18,19,20). The van der Waals surface area contributed by atoms with Crippen molar-refractivity contribution in [2.75, 3.05) is 17.2 Å². The number of thiazole rings is 1. The van der Waals surface area contributed by atoms with E-state index in [0.717, 1.165) is 5.69 Å². The third-order valence-electron chi connectivity index (χ3n) is 2.95. The lowest BCUT2D eigenvalue weighted by molar-refractivity contribution is 0.102. The second-order valence-corrected chi connectivity index (χ2v) is 5.74. The Morgan fingerprint density at radius 1 is 1.43 bits per heavy atom. The van der Waals surface area contributed by atoms with Gasteiger partial charge in [-0.15, -0.1) is 11.3 Å². The zero-order chi connectivity index (χ0) is 15.4. The van der Waals surface area contributed by atoms with Crippen LogP contribution in [0.25, 0.3) is 0 Å². The quantitative estimate of drug-likeness (QED) is 0.874. The molecule has 0 saturated carbocycles. The van der Waals surface area contributed by atoms with E-state index in [-0.39, 0.29) is 17.2 Å². The van der Waals surface area contributed by atoms with Gasteiger partial charge in [0, 0.05) is 11.9 Å². The minimum Gasteiger partial charge on any atom is -0.382 e. The molecule has 0 saturated heterocycles. The number of benzene rings is 1. The Morgan fingerprint density at radius 2 is 2.19 bits per heavy atom. The molecule has 0 aliphatic heterocycles. The number of nitrogens with zero attached hydrogens (tertiary/aromatic N) is 1. The minimum absolute atomic E-state index is 0.220. The minimum atomic E-state index is -0.438. The first-order chi connectivity index (χ1) is 10.0. The summed E-state index contributed by atoms with van der Waals surface area (Å²) in [6, 6.07) is 4.44. The Morgan fingerprint density at radius 3 is 2.81 bits per heavy atom. The topological polar surface area (TPSA) is 54.0 Å². The van der Waals surface area contributed by atoms with Crippen LogP contribution in [0, 0.1) is 5.82 Å². The lowest BCUT2D eigenvalue weighted by Crippen LogP contribution is -2.15. The molecule has 1 aromatic carbocycles. The number of nitrogens with one attached hydrogen (secondary N) is 2. The van der Waals surface area contributed by atoms with E-state index in [4.69, 9.17) is 0 Å². The molecule has 0 unspecified atom stereocenters. The fourth-order valence-corrected chi connectivity index (χ4v) is 2.71. The highest BCUT2D eigenvalue weighted by molar-refractivity contribution is 7.14. The first-order valence-corrected chi connectivity index (χ1v) is 7.70. The molecule has 0 radical (unpaired) electrons. The number of carbonyl (C=O) groups is 1. The molecule has 2 N–H and O–H groups in total. The highest BCUT2D eigenvalue weighted by Gasteiger charge is 2.16. The molecule has 6 heteroatoms. The van der Waals surface area contributed by atoms with E-state index < -0.39 is 5.82 Å². The third-order valence-corrected chi connectivity index (χ3v) is 3.72. The first-order valence-electron chi connectivity index (χ1n) is 6.82. The average molecular weight is 307 g/mol. The number of hydrogen-bond acceptors (Lipinski definition) is 4. The van der Waals surface area contributed by atoms with Gasteiger partial charge in [0.15, 0.2) is 5.13 Å². The predicted octanol–water partition coefficient (Wildman–Crippen LogP) is 4.09. The normalized spacial score (nSPS) is 10.7. The fourth-order valence-electron chi connectivity index (χ4n) is 1.84. The van der Waals surface area contributed by atoms with E-state index in [1.54, 1.807) is 6.07 Å². The van der Waals surface area contributed by atoms with Crippen LogP contribution in [0.15, 0.2) is 23.6 Å². The van der Waals surface area contributed by atoms with Crippen molar-refractivity contribution in [3.05, 3.63) is 40.7 Å². The van der Waals surface area contributed by atoms with Gasteiger partial charge in [0.1, 0.15) is 5.82 Å². The molecule has 21 heavy (non-hydrogen) atoms. The predicted molar refractivity (Wildman–Crippen MR) is 84.7 cm³/mol. The van der Waals surface area contributed by atoms with Crippen LogP contribution in [0.1, 0.15) is 42.7 Å². The lowest BCUT2D eigenvalue weighted by Gasteiger charge is -2.10. The van der Waals surface area contributed by atoms with Gasteiger partial charge in [-0.05, 0) is 25.0 Å². The van der Waals surface area contributed by atoms with Crippen LogP contribution < -0.4 is 10.6 Å². The van der Waals surface area contributed by atoms with E-state index in [1.807, 2.05) is 26.2 Å². The molecule has 0 aliphatic rings. The Balaban J connectivity index is 2.21. The highest BCUT2D eigenvalue weighted by Crippen LogP contribution is 2.24. The summed E-state index contributed by atoms with van der Waals surface area (Å²) in [4.78, 5) is 16.6.